The van der Waals surface area contributed by atoms with Gasteiger partial charge >= 0.3 is 6.03 Å². The van der Waals surface area contributed by atoms with Gasteiger partial charge in [-0.05, 0) is 26.3 Å². The van der Waals surface area contributed by atoms with Gasteiger partial charge in [-0.3, -0.25) is 0 Å². The van der Waals surface area contributed by atoms with E-state index in [2.05, 4.69) is 15.5 Å². The number of carbonyl (C=O) groups is 1. The third-order valence-electron chi connectivity index (χ3n) is 3.96. The van der Waals surface area contributed by atoms with Crippen LogP contribution in [-0.4, -0.2) is 43.9 Å². The number of rotatable bonds is 7. The molecule has 0 bridgehead atoms. The molecule has 0 aliphatic rings. The second-order valence-corrected chi connectivity index (χ2v) is 5.66. The van der Waals surface area contributed by atoms with Crippen molar-refractivity contribution in [1.29, 1.82) is 0 Å². The number of amides is 2. The molecule has 1 aromatic heterocycles. The average Bonchev–Trinajstić information content (AvgIpc) is 3.05. The monoisotopic (exact) mass is 331 g/mol. The van der Waals surface area contributed by atoms with Crippen molar-refractivity contribution < 1.29 is 9.90 Å². The van der Waals surface area contributed by atoms with Crippen LogP contribution in [0.5, 0.6) is 0 Å². The molecule has 1 heterocycles. The molecule has 0 radical (unpaired) electrons. The van der Waals surface area contributed by atoms with Crippen LogP contribution in [0.15, 0.2) is 30.6 Å². The predicted octanol–water partition coefficient (Wildman–Crippen LogP) is 1.87. The maximum atomic E-state index is 12.3. The minimum Gasteiger partial charge on any atom is -0.387 e. The Labute approximate surface area is 142 Å². The first-order valence-electron chi connectivity index (χ1n) is 8.19. The van der Waals surface area contributed by atoms with Gasteiger partial charge in [0.15, 0.2) is 5.82 Å². The first-order chi connectivity index (χ1) is 11.5. The van der Waals surface area contributed by atoms with Crippen molar-refractivity contribution in [3.8, 4) is 0 Å². The second-order valence-electron chi connectivity index (χ2n) is 5.66. The Morgan fingerprint density at radius 2 is 2.04 bits per heavy atom. The van der Waals surface area contributed by atoms with E-state index < -0.39 is 6.10 Å². The summed E-state index contributed by atoms with van der Waals surface area (Å²) in [6.45, 7) is 7.69. The highest BCUT2D eigenvalue weighted by Gasteiger charge is 2.17. The fraction of sp³-hybridized carbons (Fsp3) is 0.471. The SMILES string of the molecule is CCN(CC(O)c1ccc(C)cc1)C(=O)NCc1nncn1CC. The number of benzene rings is 1. The minimum absolute atomic E-state index is 0.227. The van der Waals surface area contributed by atoms with Crippen molar-refractivity contribution in [2.75, 3.05) is 13.1 Å². The van der Waals surface area contributed by atoms with Crippen molar-refractivity contribution in [2.24, 2.45) is 0 Å². The zero-order valence-corrected chi connectivity index (χ0v) is 14.4. The predicted molar refractivity (Wildman–Crippen MR) is 91.3 cm³/mol. The van der Waals surface area contributed by atoms with Crippen LogP contribution in [0.4, 0.5) is 4.79 Å². The van der Waals surface area contributed by atoms with E-state index in [0.29, 0.717) is 18.9 Å². The van der Waals surface area contributed by atoms with Gasteiger partial charge in [-0.15, -0.1) is 10.2 Å². The van der Waals surface area contributed by atoms with Gasteiger partial charge in [-0.2, -0.15) is 0 Å². The van der Waals surface area contributed by atoms with Crippen molar-refractivity contribution >= 4 is 6.03 Å². The molecule has 2 amide bonds. The quantitative estimate of drug-likeness (QED) is 0.811. The topological polar surface area (TPSA) is 83.3 Å². The average molecular weight is 331 g/mol. The number of likely N-dealkylation sites (N-methyl/N-ethyl adjacent to an activating group) is 1. The highest BCUT2D eigenvalue weighted by atomic mass is 16.3. The Kier molecular flexibility index (Phi) is 6.31. The molecule has 24 heavy (non-hydrogen) atoms. The van der Waals surface area contributed by atoms with Crippen LogP contribution in [0.2, 0.25) is 0 Å². The third kappa shape index (κ3) is 4.55. The van der Waals surface area contributed by atoms with E-state index >= 15 is 0 Å². The number of hydrogen-bond donors (Lipinski definition) is 2. The Morgan fingerprint density at radius 3 is 2.67 bits per heavy atom. The van der Waals surface area contributed by atoms with Gasteiger partial charge in [-0.1, -0.05) is 29.8 Å². The Hall–Kier alpha value is -2.41. The van der Waals surface area contributed by atoms with E-state index in [4.69, 9.17) is 0 Å². The minimum atomic E-state index is -0.712. The molecule has 1 unspecified atom stereocenters. The molecule has 0 spiro atoms. The number of aliphatic hydroxyl groups is 1. The first kappa shape index (κ1) is 17.9. The van der Waals surface area contributed by atoms with Crippen molar-refractivity contribution in [1.82, 2.24) is 25.0 Å². The molecule has 130 valence electrons. The van der Waals surface area contributed by atoms with Crippen LogP contribution < -0.4 is 5.32 Å². The Morgan fingerprint density at radius 1 is 1.33 bits per heavy atom. The normalized spacial score (nSPS) is 12.0. The number of urea groups is 1. The third-order valence-corrected chi connectivity index (χ3v) is 3.96. The highest BCUT2D eigenvalue weighted by molar-refractivity contribution is 5.74. The highest BCUT2D eigenvalue weighted by Crippen LogP contribution is 2.15. The number of aromatic nitrogens is 3. The summed E-state index contributed by atoms with van der Waals surface area (Å²) in [4.78, 5) is 13.9. The van der Waals surface area contributed by atoms with Crippen LogP contribution in [0.3, 0.4) is 0 Å². The molecule has 2 aromatic rings. The molecule has 1 aromatic carbocycles. The van der Waals surface area contributed by atoms with E-state index in [1.807, 2.05) is 49.6 Å². The van der Waals surface area contributed by atoms with Gasteiger partial charge in [0.2, 0.25) is 0 Å². The summed E-state index contributed by atoms with van der Waals surface area (Å²) in [7, 11) is 0. The zero-order chi connectivity index (χ0) is 17.5. The molecule has 1 atom stereocenters. The zero-order valence-electron chi connectivity index (χ0n) is 14.4. The van der Waals surface area contributed by atoms with E-state index in [1.54, 1.807) is 11.2 Å². The molecule has 7 heteroatoms. The standard InChI is InChI=1S/C17H25N5O2/c1-4-21(11-15(23)14-8-6-13(3)7-9-14)17(24)18-10-16-20-19-12-22(16)5-2/h6-9,12,15,23H,4-5,10-11H2,1-3H3,(H,18,24). The largest absolute Gasteiger partial charge is 0.387 e. The molecule has 0 aliphatic carbocycles. The van der Waals surface area contributed by atoms with E-state index in [9.17, 15) is 9.90 Å². The second kappa shape index (κ2) is 8.44. The van der Waals surface area contributed by atoms with Gasteiger partial charge < -0.3 is 19.9 Å². The maximum absolute atomic E-state index is 12.3. The van der Waals surface area contributed by atoms with E-state index in [1.165, 1.54) is 0 Å². The number of nitrogens with zero attached hydrogens (tertiary/aromatic N) is 4. The Bertz CT molecular complexity index is 653. The molecule has 2 N–H and O–H groups in total. The molecule has 2 rings (SSSR count). The summed E-state index contributed by atoms with van der Waals surface area (Å²) in [6.07, 6.45) is 0.927. The lowest BCUT2D eigenvalue weighted by molar-refractivity contribution is 0.123. The fourth-order valence-electron chi connectivity index (χ4n) is 2.40. The number of aliphatic hydroxyl groups excluding tert-OH is 1. The molecule has 0 saturated heterocycles. The van der Waals surface area contributed by atoms with Crippen molar-refractivity contribution in [3.63, 3.8) is 0 Å². The lowest BCUT2D eigenvalue weighted by Gasteiger charge is -2.24. The Balaban J connectivity index is 1.92. The number of nitrogens with one attached hydrogen (secondary N) is 1. The van der Waals surface area contributed by atoms with Gasteiger partial charge in [0.25, 0.3) is 0 Å². The van der Waals surface area contributed by atoms with E-state index in [0.717, 1.165) is 17.7 Å². The summed E-state index contributed by atoms with van der Waals surface area (Å²) in [5, 5.41) is 21.0. The van der Waals surface area contributed by atoms with Crippen LogP contribution in [0, 0.1) is 6.92 Å². The number of aryl methyl sites for hydroxylation is 2. The number of carbonyl (C=O) groups excluding carboxylic acids is 1. The summed E-state index contributed by atoms with van der Waals surface area (Å²) in [5.74, 6) is 0.709. The van der Waals surface area contributed by atoms with Crippen LogP contribution in [0.1, 0.15) is 36.9 Å². The van der Waals surface area contributed by atoms with E-state index in [-0.39, 0.29) is 12.6 Å². The molecule has 0 aliphatic heterocycles. The van der Waals surface area contributed by atoms with Crippen molar-refractivity contribution in [2.45, 2.75) is 40.0 Å². The van der Waals surface area contributed by atoms with Gasteiger partial charge in [0.05, 0.1) is 19.2 Å². The lowest BCUT2D eigenvalue weighted by Crippen LogP contribution is -2.42. The molecular formula is C17H25N5O2. The smallest absolute Gasteiger partial charge is 0.317 e. The maximum Gasteiger partial charge on any atom is 0.317 e. The molecule has 0 saturated carbocycles. The van der Waals surface area contributed by atoms with Crippen LogP contribution >= 0.6 is 0 Å². The van der Waals surface area contributed by atoms with Crippen LogP contribution in [-0.2, 0) is 13.1 Å². The summed E-state index contributed by atoms with van der Waals surface area (Å²) >= 11 is 0. The molecule has 7 nitrogen and oxygen atoms in total. The fourth-order valence-corrected chi connectivity index (χ4v) is 2.40. The number of hydrogen-bond acceptors (Lipinski definition) is 4. The summed E-state index contributed by atoms with van der Waals surface area (Å²) in [5.41, 5.74) is 1.94. The van der Waals surface area contributed by atoms with Crippen LogP contribution in [0.25, 0.3) is 0 Å². The first-order valence-corrected chi connectivity index (χ1v) is 8.19. The summed E-state index contributed by atoms with van der Waals surface area (Å²) in [6, 6.07) is 7.44. The molecule has 0 fully saturated rings. The summed E-state index contributed by atoms with van der Waals surface area (Å²) < 4.78 is 1.87. The lowest BCUT2D eigenvalue weighted by atomic mass is 10.1. The van der Waals surface area contributed by atoms with Crippen molar-refractivity contribution in [3.05, 3.63) is 47.5 Å². The van der Waals surface area contributed by atoms with Gasteiger partial charge in [-0.25, -0.2) is 4.79 Å². The van der Waals surface area contributed by atoms with Gasteiger partial charge in [0, 0.05) is 13.1 Å². The van der Waals surface area contributed by atoms with Gasteiger partial charge in [0.1, 0.15) is 6.33 Å². The molecular weight excluding hydrogens is 306 g/mol.